The zero-order valence-corrected chi connectivity index (χ0v) is 46.7. The number of pyridine rings is 3. The van der Waals surface area contributed by atoms with Gasteiger partial charge in [0.25, 0.3) is 0 Å². The number of amides is 5. The Balaban J connectivity index is 0.000000246. The Morgan fingerprint density at radius 3 is 1.33 bits per heavy atom. The van der Waals surface area contributed by atoms with Crippen LogP contribution in [0.3, 0.4) is 0 Å². The minimum Gasteiger partial charge on any atom is -0.359 e. The van der Waals surface area contributed by atoms with Crippen LogP contribution < -0.4 is 26.6 Å². The average Bonchev–Trinajstić information content (AvgIpc) is 3.69. The van der Waals surface area contributed by atoms with Gasteiger partial charge < -0.3 is 26.6 Å². The third kappa shape index (κ3) is 16.8. The van der Waals surface area contributed by atoms with Gasteiger partial charge in [-0.1, -0.05) is 124 Å². The number of hydrogen-bond donors (Lipinski definition) is 5. The Morgan fingerprint density at radius 2 is 0.852 bits per heavy atom. The van der Waals surface area contributed by atoms with Crippen LogP contribution in [0.15, 0.2) is 158 Å². The number of rotatable bonds is 26. The predicted octanol–water partition coefficient (Wildman–Crippen LogP) is 11.7. The van der Waals surface area contributed by atoms with Gasteiger partial charge in [0, 0.05) is 105 Å². The topological polar surface area (TPSA) is 218 Å². The van der Waals surface area contributed by atoms with Crippen molar-refractivity contribution in [1.29, 1.82) is 0 Å². The Hall–Kier alpha value is -8.98. The lowest BCUT2D eigenvalue weighted by atomic mass is 9.75. The fraction of sp³-hybridized carbons (Fsp3) is 0.303. The Bertz CT molecular complexity index is 3360. The molecule has 0 aliphatic carbocycles. The van der Waals surface area contributed by atoms with Crippen LogP contribution in [0.1, 0.15) is 119 Å². The summed E-state index contributed by atoms with van der Waals surface area (Å²) in [5, 5.41) is 16.9. The van der Waals surface area contributed by atoms with Crippen molar-refractivity contribution in [3.05, 3.63) is 180 Å². The molecule has 5 N–H and O–H groups in total. The molecule has 8 rings (SSSR count). The Morgan fingerprint density at radius 1 is 0.444 bits per heavy atom. The number of benzene rings is 5. The lowest BCUT2D eigenvalue weighted by Gasteiger charge is -2.28. The van der Waals surface area contributed by atoms with E-state index in [0.717, 1.165) is 95.4 Å². The van der Waals surface area contributed by atoms with Crippen LogP contribution in [0.4, 0.5) is 17.1 Å². The Labute approximate surface area is 473 Å². The summed E-state index contributed by atoms with van der Waals surface area (Å²) in [6, 6.07) is 42.9. The maximum absolute atomic E-state index is 14.3. The third-order valence-electron chi connectivity index (χ3n) is 14.6. The fourth-order valence-corrected chi connectivity index (χ4v) is 9.66. The summed E-state index contributed by atoms with van der Waals surface area (Å²) in [5.41, 5.74) is 5.54. The van der Waals surface area contributed by atoms with Crippen LogP contribution in [-0.2, 0) is 51.8 Å². The summed E-state index contributed by atoms with van der Waals surface area (Å²) in [6.45, 7) is 3.55. The highest BCUT2D eigenvalue weighted by atomic mass is 16.2. The SMILES string of the molecule is CNC(=O)CCCCCCC(=O)Nc1ccc(C(C)(C(=O)Cc2cccc3cccnc23)C(=O)Nc2cccc3cccnc23)cc1.CNC(=O)CCCCCCC(=O)Nc1ccc(C(C)C(=O)Cc2cccc3cccnc23)cc1. The molecule has 8 aromatic rings. The number of anilines is 3. The molecule has 15 heteroatoms. The number of aromatic nitrogens is 3. The highest BCUT2D eigenvalue weighted by Crippen LogP contribution is 2.33. The zero-order chi connectivity index (χ0) is 57.6. The van der Waals surface area contributed by atoms with Crippen molar-refractivity contribution in [2.75, 3.05) is 30.0 Å². The molecule has 81 heavy (non-hydrogen) atoms. The summed E-state index contributed by atoms with van der Waals surface area (Å²) < 4.78 is 0. The number of nitrogens with zero attached hydrogens (tertiary/aromatic N) is 3. The summed E-state index contributed by atoms with van der Waals surface area (Å²) in [5.74, 6) is -0.957. The van der Waals surface area contributed by atoms with E-state index in [0.29, 0.717) is 60.1 Å². The number of para-hydroxylation sites is 3. The highest BCUT2D eigenvalue weighted by molar-refractivity contribution is 6.18. The molecular weight excluding hydrogens is 1020 g/mol. The first-order valence-electron chi connectivity index (χ1n) is 27.8. The molecule has 418 valence electrons. The average molecular weight is 1090 g/mol. The standard InChI is InChI=1S/C38H39N5O4.C28H33N3O3/c1-38(32(44)25-28-13-7-11-26-14-9-23-40-35(26)28,37(47)43-31-16-8-12-27-15-10-24-41-36(27)31)29-19-21-30(22-20-29)42-34(46)18-6-4-3-5-17-33(45)39-2;1-20(25(32)19-23-10-7-9-22-11-8-18-30-28(22)23)21-14-16-24(17-15-21)31-27(34)13-6-4-3-5-12-26(33)29-2/h7-16,19-24H,3-6,17-18,25H2,1-2H3,(H,39,45)(H,42,46)(H,43,47);7-11,14-18,20H,3-6,12-13,19H2,1-2H3,(H,29,33)(H,31,34). The van der Waals surface area contributed by atoms with E-state index in [4.69, 9.17) is 0 Å². The molecular formula is C66H72N8O7. The highest BCUT2D eigenvalue weighted by Gasteiger charge is 2.43. The van der Waals surface area contributed by atoms with E-state index in [-0.39, 0.29) is 47.5 Å². The van der Waals surface area contributed by atoms with Gasteiger partial charge in [-0.15, -0.1) is 0 Å². The smallest absolute Gasteiger partial charge is 0.242 e. The van der Waals surface area contributed by atoms with Gasteiger partial charge in [0.1, 0.15) is 11.2 Å². The van der Waals surface area contributed by atoms with Crippen LogP contribution in [0, 0.1) is 0 Å². The van der Waals surface area contributed by atoms with Crippen LogP contribution in [0.5, 0.6) is 0 Å². The van der Waals surface area contributed by atoms with E-state index < -0.39 is 11.3 Å². The number of fused-ring (bicyclic) bond motifs is 3. The van der Waals surface area contributed by atoms with Crippen molar-refractivity contribution in [1.82, 2.24) is 25.6 Å². The minimum absolute atomic E-state index is 0.00628. The molecule has 2 atom stereocenters. The number of Topliss-reactive ketones (excluding diaryl/α,β-unsaturated/α-hetero) is 2. The zero-order valence-electron chi connectivity index (χ0n) is 46.7. The van der Waals surface area contributed by atoms with E-state index in [1.807, 2.05) is 116 Å². The van der Waals surface area contributed by atoms with Crippen molar-refractivity contribution >= 4 is 90.9 Å². The van der Waals surface area contributed by atoms with E-state index in [1.54, 1.807) is 69.9 Å². The molecule has 3 heterocycles. The quantitative estimate of drug-likeness (QED) is 0.0255. The first kappa shape index (κ1) is 59.7. The van der Waals surface area contributed by atoms with Crippen LogP contribution in [0.25, 0.3) is 32.7 Å². The minimum atomic E-state index is -1.58. The molecule has 3 aromatic heterocycles. The van der Waals surface area contributed by atoms with Crippen LogP contribution >= 0.6 is 0 Å². The summed E-state index contributed by atoms with van der Waals surface area (Å²) >= 11 is 0. The monoisotopic (exact) mass is 1090 g/mol. The van der Waals surface area contributed by atoms with Gasteiger partial charge in [-0.05, 0) is 103 Å². The van der Waals surface area contributed by atoms with Crippen LogP contribution in [-0.4, -0.2) is 70.1 Å². The van der Waals surface area contributed by atoms with Crippen molar-refractivity contribution in [2.24, 2.45) is 0 Å². The summed E-state index contributed by atoms with van der Waals surface area (Å²) in [6.07, 6.45) is 14.0. The molecule has 0 aliphatic heterocycles. The van der Waals surface area contributed by atoms with Gasteiger partial charge in [0.05, 0.1) is 22.2 Å². The number of unbranched alkanes of at least 4 members (excludes halogenated alkanes) is 6. The molecule has 0 radical (unpaired) electrons. The van der Waals surface area contributed by atoms with E-state index in [1.165, 1.54) is 0 Å². The van der Waals surface area contributed by atoms with Gasteiger partial charge in [-0.2, -0.15) is 0 Å². The van der Waals surface area contributed by atoms with Crippen molar-refractivity contribution in [2.45, 2.75) is 115 Å². The number of ketones is 2. The van der Waals surface area contributed by atoms with Gasteiger partial charge >= 0.3 is 0 Å². The largest absolute Gasteiger partial charge is 0.359 e. The van der Waals surface area contributed by atoms with Gasteiger partial charge in [-0.3, -0.25) is 48.5 Å². The number of hydrogen-bond acceptors (Lipinski definition) is 10. The molecule has 0 bridgehead atoms. The second-order valence-corrected chi connectivity index (χ2v) is 20.4. The molecule has 0 saturated carbocycles. The molecule has 5 amide bonds. The summed E-state index contributed by atoms with van der Waals surface area (Å²) in [4.78, 5) is 102. The number of carbonyl (C=O) groups excluding carboxylic acids is 7. The maximum atomic E-state index is 14.3. The summed E-state index contributed by atoms with van der Waals surface area (Å²) in [7, 11) is 3.27. The second-order valence-electron chi connectivity index (χ2n) is 20.4. The molecule has 0 aliphatic rings. The van der Waals surface area contributed by atoms with Gasteiger partial charge in [-0.25, -0.2) is 0 Å². The first-order valence-corrected chi connectivity index (χ1v) is 27.8. The van der Waals surface area contributed by atoms with E-state index >= 15 is 0 Å². The lowest BCUT2D eigenvalue weighted by Crippen LogP contribution is -2.45. The molecule has 0 fully saturated rings. The van der Waals surface area contributed by atoms with E-state index in [9.17, 15) is 33.6 Å². The lowest BCUT2D eigenvalue weighted by molar-refractivity contribution is -0.132. The van der Waals surface area contributed by atoms with Gasteiger partial charge in [0.15, 0.2) is 5.78 Å². The fourth-order valence-electron chi connectivity index (χ4n) is 9.66. The van der Waals surface area contributed by atoms with Crippen molar-refractivity contribution < 1.29 is 33.6 Å². The van der Waals surface area contributed by atoms with Crippen molar-refractivity contribution in [3.63, 3.8) is 0 Å². The number of carbonyl (C=O) groups is 7. The second kappa shape index (κ2) is 29.8. The first-order chi connectivity index (χ1) is 39.3. The van der Waals surface area contributed by atoms with Gasteiger partial charge in [0.2, 0.25) is 29.5 Å². The molecule has 2 unspecified atom stereocenters. The van der Waals surface area contributed by atoms with E-state index in [2.05, 4.69) is 41.5 Å². The maximum Gasteiger partial charge on any atom is 0.242 e. The molecule has 0 saturated heterocycles. The molecule has 0 spiro atoms. The molecule has 15 nitrogen and oxygen atoms in total. The normalized spacial score (nSPS) is 12.0. The third-order valence-corrected chi connectivity index (χ3v) is 14.6. The van der Waals surface area contributed by atoms with Crippen LogP contribution in [0.2, 0.25) is 0 Å². The predicted molar refractivity (Wildman–Crippen MR) is 321 cm³/mol. The van der Waals surface area contributed by atoms with Crippen molar-refractivity contribution in [3.8, 4) is 0 Å². The Kier molecular flexibility index (Phi) is 22.0. The number of nitrogens with one attached hydrogen (secondary N) is 5. The molecule has 5 aromatic carbocycles.